The van der Waals surface area contributed by atoms with E-state index < -0.39 is 5.91 Å². The van der Waals surface area contributed by atoms with Crippen LogP contribution in [-0.2, 0) is 4.79 Å². The van der Waals surface area contributed by atoms with E-state index in [1.807, 2.05) is 0 Å². The van der Waals surface area contributed by atoms with Crippen LogP contribution in [0.5, 0.6) is 0 Å². The maximum atomic E-state index is 10.4. The van der Waals surface area contributed by atoms with Gasteiger partial charge in [-0.1, -0.05) is 12.8 Å². The Kier molecular flexibility index (Phi) is 3.08. The molecule has 4 N–H and O–H groups in total. The van der Waals surface area contributed by atoms with Crippen LogP contribution < -0.4 is 11.1 Å². The van der Waals surface area contributed by atoms with Crippen LogP contribution in [0, 0.1) is 5.41 Å². The standard InChI is InChI=1S/C8H15N3O/c9-7(5-8(10)12)11-6-3-1-2-4-6/h6H,1-5H2,(H2,9,11)(H2,10,12). The van der Waals surface area contributed by atoms with Crippen LogP contribution in [0.2, 0.25) is 0 Å². The van der Waals surface area contributed by atoms with Crippen molar-refractivity contribution in [2.24, 2.45) is 5.73 Å². The van der Waals surface area contributed by atoms with Crippen molar-refractivity contribution < 1.29 is 4.79 Å². The van der Waals surface area contributed by atoms with E-state index in [0.717, 1.165) is 12.8 Å². The Morgan fingerprint density at radius 3 is 2.58 bits per heavy atom. The molecule has 1 amide bonds. The summed E-state index contributed by atoms with van der Waals surface area (Å²) < 4.78 is 0. The number of hydrogen-bond donors (Lipinski definition) is 3. The molecule has 4 heteroatoms. The normalized spacial score (nSPS) is 17.7. The average molecular weight is 169 g/mol. The Labute approximate surface area is 72.0 Å². The van der Waals surface area contributed by atoms with E-state index in [4.69, 9.17) is 11.1 Å². The molecule has 0 aromatic carbocycles. The van der Waals surface area contributed by atoms with E-state index in [9.17, 15) is 4.79 Å². The van der Waals surface area contributed by atoms with E-state index >= 15 is 0 Å². The molecule has 0 aromatic heterocycles. The quantitative estimate of drug-likeness (QED) is 0.421. The van der Waals surface area contributed by atoms with Crippen LogP contribution in [-0.4, -0.2) is 17.8 Å². The van der Waals surface area contributed by atoms with Gasteiger partial charge in [0.2, 0.25) is 5.91 Å². The number of nitrogens with two attached hydrogens (primary N) is 1. The summed E-state index contributed by atoms with van der Waals surface area (Å²) in [5.74, 6) is -0.181. The third kappa shape index (κ3) is 2.90. The van der Waals surface area contributed by atoms with Crippen molar-refractivity contribution >= 4 is 11.7 Å². The van der Waals surface area contributed by atoms with Gasteiger partial charge in [-0.15, -0.1) is 0 Å². The van der Waals surface area contributed by atoms with Crippen molar-refractivity contribution in [3.05, 3.63) is 0 Å². The first-order valence-corrected chi connectivity index (χ1v) is 4.31. The van der Waals surface area contributed by atoms with Gasteiger partial charge >= 0.3 is 0 Å². The monoisotopic (exact) mass is 169 g/mol. The molecule has 68 valence electrons. The summed E-state index contributed by atoms with van der Waals surface area (Å²) in [6.45, 7) is 0. The molecule has 1 rings (SSSR count). The maximum absolute atomic E-state index is 10.4. The first-order valence-electron chi connectivity index (χ1n) is 4.31. The molecule has 0 saturated heterocycles. The third-order valence-electron chi connectivity index (χ3n) is 2.08. The molecule has 12 heavy (non-hydrogen) atoms. The van der Waals surface area contributed by atoms with E-state index in [1.54, 1.807) is 0 Å². The molecule has 0 aromatic rings. The molecule has 0 radical (unpaired) electrons. The summed E-state index contributed by atoms with van der Waals surface area (Å²) in [6.07, 6.45) is 4.71. The van der Waals surface area contributed by atoms with Crippen molar-refractivity contribution in [3.63, 3.8) is 0 Å². The van der Waals surface area contributed by atoms with Crippen LogP contribution in [0.25, 0.3) is 0 Å². The second-order valence-electron chi connectivity index (χ2n) is 3.25. The fraction of sp³-hybridized carbons (Fsp3) is 0.750. The average Bonchev–Trinajstić information content (AvgIpc) is 2.37. The zero-order valence-corrected chi connectivity index (χ0v) is 7.10. The van der Waals surface area contributed by atoms with Gasteiger partial charge in [-0.05, 0) is 12.8 Å². The third-order valence-corrected chi connectivity index (χ3v) is 2.08. The Morgan fingerprint density at radius 2 is 2.08 bits per heavy atom. The second kappa shape index (κ2) is 4.09. The van der Waals surface area contributed by atoms with Gasteiger partial charge in [0.15, 0.2) is 0 Å². The summed E-state index contributed by atoms with van der Waals surface area (Å²) in [7, 11) is 0. The van der Waals surface area contributed by atoms with Crippen LogP contribution in [0.3, 0.4) is 0 Å². The molecular weight excluding hydrogens is 154 g/mol. The summed E-state index contributed by atoms with van der Waals surface area (Å²) in [5.41, 5.74) is 4.95. The van der Waals surface area contributed by atoms with Gasteiger partial charge in [0.05, 0.1) is 6.42 Å². The van der Waals surface area contributed by atoms with Gasteiger partial charge < -0.3 is 11.1 Å². The van der Waals surface area contributed by atoms with E-state index in [-0.39, 0.29) is 12.3 Å². The van der Waals surface area contributed by atoms with Crippen LogP contribution in [0.15, 0.2) is 0 Å². The first-order chi connectivity index (χ1) is 5.68. The highest BCUT2D eigenvalue weighted by molar-refractivity contribution is 5.97. The minimum absolute atomic E-state index is 0.0382. The largest absolute Gasteiger partial charge is 0.371 e. The predicted molar refractivity (Wildman–Crippen MR) is 46.9 cm³/mol. The Bertz CT molecular complexity index is 185. The van der Waals surface area contributed by atoms with Gasteiger partial charge in [-0.3, -0.25) is 10.2 Å². The summed E-state index contributed by atoms with van der Waals surface area (Å²) in [5, 5.41) is 10.4. The molecule has 4 nitrogen and oxygen atoms in total. The highest BCUT2D eigenvalue weighted by atomic mass is 16.1. The molecule has 1 aliphatic rings. The summed E-state index contributed by atoms with van der Waals surface area (Å²) in [6, 6.07) is 0.400. The second-order valence-corrected chi connectivity index (χ2v) is 3.25. The highest BCUT2D eigenvalue weighted by Crippen LogP contribution is 2.17. The SMILES string of the molecule is N=C(CC(N)=O)NC1CCCC1. The van der Waals surface area contributed by atoms with Crippen LogP contribution >= 0.6 is 0 Å². The highest BCUT2D eigenvalue weighted by Gasteiger charge is 2.15. The molecule has 1 aliphatic carbocycles. The topological polar surface area (TPSA) is 79.0 Å². The van der Waals surface area contributed by atoms with Gasteiger partial charge in [0.1, 0.15) is 5.84 Å². The zero-order valence-electron chi connectivity index (χ0n) is 7.10. The number of amides is 1. The van der Waals surface area contributed by atoms with Crippen LogP contribution in [0.4, 0.5) is 0 Å². The number of carbonyl (C=O) groups excluding carboxylic acids is 1. The van der Waals surface area contributed by atoms with Crippen molar-refractivity contribution in [1.82, 2.24) is 5.32 Å². The van der Waals surface area contributed by atoms with Gasteiger partial charge in [0, 0.05) is 6.04 Å². The zero-order chi connectivity index (χ0) is 8.97. The number of amidine groups is 1. The Morgan fingerprint density at radius 1 is 1.50 bits per heavy atom. The minimum atomic E-state index is -0.439. The van der Waals surface area contributed by atoms with Gasteiger partial charge in [-0.2, -0.15) is 0 Å². The lowest BCUT2D eigenvalue weighted by atomic mass is 10.2. The first kappa shape index (κ1) is 9.03. The molecule has 0 heterocycles. The van der Waals surface area contributed by atoms with E-state index in [1.165, 1.54) is 12.8 Å². The predicted octanol–water partition coefficient (Wildman–Crippen LogP) is 0.371. The lowest BCUT2D eigenvalue weighted by Gasteiger charge is -2.12. The van der Waals surface area contributed by atoms with Crippen molar-refractivity contribution in [2.75, 3.05) is 0 Å². The molecule has 0 aliphatic heterocycles. The van der Waals surface area contributed by atoms with Crippen molar-refractivity contribution in [2.45, 2.75) is 38.1 Å². The number of carbonyl (C=O) groups is 1. The molecular formula is C8H15N3O. The van der Waals surface area contributed by atoms with Crippen LogP contribution in [0.1, 0.15) is 32.1 Å². The van der Waals surface area contributed by atoms with Gasteiger partial charge in [0.25, 0.3) is 0 Å². The molecule has 0 spiro atoms. The van der Waals surface area contributed by atoms with E-state index in [0.29, 0.717) is 6.04 Å². The minimum Gasteiger partial charge on any atom is -0.371 e. The maximum Gasteiger partial charge on any atom is 0.224 e. The lowest BCUT2D eigenvalue weighted by molar-refractivity contribution is -0.116. The molecule has 0 bridgehead atoms. The molecule has 1 saturated carbocycles. The van der Waals surface area contributed by atoms with Gasteiger partial charge in [-0.25, -0.2) is 0 Å². The summed E-state index contributed by atoms with van der Waals surface area (Å²) in [4.78, 5) is 10.4. The lowest BCUT2D eigenvalue weighted by Crippen LogP contribution is -2.34. The smallest absolute Gasteiger partial charge is 0.224 e. The summed E-state index contributed by atoms with van der Waals surface area (Å²) >= 11 is 0. The van der Waals surface area contributed by atoms with E-state index in [2.05, 4.69) is 5.32 Å². The molecule has 1 fully saturated rings. The number of nitrogens with one attached hydrogen (secondary N) is 2. The van der Waals surface area contributed by atoms with Crippen molar-refractivity contribution in [1.29, 1.82) is 5.41 Å². The Hall–Kier alpha value is -1.06. The number of primary amides is 1. The molecule has 0 unspecified atom stereocenters. The fourth-order valence-electron chi connectivity index (χ4n) is 1.54. The Balaban J connectivity index is 2.20. The van der Waals surface area contributed by atoms with Crippen molar-refractivity contribution in [3.8, 4) is 0 Å². The fourth-order valence-corrected chi connectivity index (χ4v) is 1.54. The number of rotatable bonds is 3. The number of hydrogen-bond acceptors (Lipinski definition) is 2. The molecule has 0 atom stereocenters.